The van der Waals surface area contributed by atoms with Gasteiger partial charge in [0.05, 0.1) is 25.3 Å². The lowest BCUT2D eigenvalue weighted by atomic mass is 9.89. The quantitative estimate of drug-likeness (QED) is 0.456. The van der Waals surface area contributed by atoms with Crippen LogP contribution in [0.4, 0.5) is 4.39 Å². The summed E-state index contributed by atoms with van der Waals surface area (Å²) < 4.78 is 14.3. The molecule has 78 valence electrons. The third-order valence-corrected chi connectivity index (χ3v) is 2.13. The average molecular weight is 199 g/mol. The molecule has 0 saturated heterocycles. The van der Waals surface area contributed by atoms with E-state index in [1.54, 1.807) is 37.1 Å². The van der Waals surface area contributed by atoms with Crippen LogP contribution < -0.4 is 0 Å². The van der Waals surface area contributed by atoms with E-state index in [2.05, 4.69) is 10.1 Å². The molecule has 4 nitrogen and oxygen atoms in total. The van der Waals surface area contributed by atoms with Gasteiger partial charge in [-0.1, -0.05) is 19.0 Å². The summed E-state index contributed by atoms with van der Waals surface area (Å²) in [5.74, 6) is 0. The highest BCUT2D eigenvalue weighted by atomic mass is 19.1. The van der Waals surface area contributed by atoms with Gasteiger partial charge in [-0.3, -0.25) is 4.39 Å². The maximum absolute atomic E-state index is 12.6. The minimum atomic E-state index is -0.737. The number of oxime groups is 1. The van der Waals surface area contributed by atoms with Crippen molar-refractivity contribution in [2.24, 2.45) is 10.6 Å². The van der Waals surface area contributed by atoms with Crippen LogP contribution >= 0.6 is 0 Å². The van der Waals surface area contributed by atoms with E-state index in [1.807, 2.05) is 0 Å². The maximum atomic E-state index is 12.6. The maximum Gasteiger partial charge on any atom is 0.0999 e. The van der Waals surface area contributed by atoms with E-state index in [4.69, 9.17) is 5.21 Å². The number of halogens is 1. The number of alkyl halides is 1. The molecule has 0 bridgehead atoms. The number of rotatable bonds is 4. The van der Waals surface area contributed by atoms with E-state index < -0.39 is 12.1 Å². The number of hydrogen-bond acceptors (Lipinski definition) is 3. The molecule has 1 aromatic rings. The van der Waals surface area contributed by atoms with Crippen molar-refractivity contribution >= 4 is 5.71 Å². The zero-order chi connectivity index (χ0) is 10.6. The lowest BCUT2D eigenvalue weighted by molar-refractivity contribution is 0.287. The van der Waals surface area contributed by atoms with Crippen molar-refractivity contribution in [3.8, 4) is 0 Å². The molecule has 0 aromatic carbocycles. The Bertz CT molecular complexity index is 306. The Morgan fingerprint density at radius 3 is 2.79 bits per heavy atom. The van der Waals surface area contributed by atoms with Crippen LogP contribution in [-0.4, -0.2) is 27.1 Å². The first-order valence-corrected chi connectivity index (χ1v) is 4.33. The van der Waals surface area contributed by atoms with E-state index in [-0.39, 0.29) is 0 Å². The van der Waals surface area contributed by atoms with Crippen molar-refractivity contribution in [3.05, 3.63) is 18.7 Å². The number of nitrogens with zero attached hydrogens (tertiary/aromatic N) is 3. The monoisotopic (exact) mass is 199 g/mol. The third kappa shape index (κ3) is 2.31. The fraction of sp³-hybridized carbons (Fsp3) is 0.556. The molecule has 0 aliphatic rings. The van der Waals surface area contributed by atoms with Crippen LogP contribution in [0.3, 0.4) is 0 Å². The minimum Gasteiger partial charge on any atom is -0.411 e. The third-order valence-electron chi connectivity index (χ3n) is 2.13. The van der Waals surface area contributed by atoms with E-state index in [0.717, 1.165) is 0 Å². The molecule has 1 rings (SSSR count). The topological polar surface area (TPSA) is 50.4 Å². The molecule has 0 saturated carbocycles. The first-order chi connectivity index (χ1) is 6.60. The summed E-state index contributed by atoms with van der Waals surface area (Å²) in [6, 6.07) is 0. The van der Waals surface area contributed by atoms with E-state index in [1.165, 1.54) is 0 Å². The number of imidazole rings is 1. The van der Waals surface area contributed by atoms with Gasteiger partial charge in [0.2, 0.25) is 0 Å². The van der Waals surface area contributed by atoms with Crippen LogP contribution in [0.25, 0.3) is 0 Å². The first kappa shape index (κ1) is 10.7. The SMILES string of the molecule is CC(C)(CF)C(Cn1ccnc1)=NO. The van der Waals surface area contributed by atoms with Crippen molar-refractivity contribution in [1.82, 2.24) is 9.55 Å². The molecule has 0 atom stereocenters. The molecule has 0 spiro atoms. The van der Waals surface area contributed by atoms with Gasteiger partial charge in [-0.05, 0) is 0 Å². The lowest BCUT2D eigenvalue weighted by Gasteiger charge is -2.21. The fourth-order valence-electron chi connectivity index (χ4n) is 1.01. The zero-order valence-electron chi connectivity index (χ0n) is 8.31. The summed E-state index contributed by atoms with van der Waals surface area (Å²) in [7, 11) is 0. The molecule has 5 heteroatoms. The summed E-state index contributed by atoms with van der Waals surface area (Å²) in [5.41, 5.74) is -0.336. The van der Waals surface area contributed by atoms with Gasteiger partial charge in [-0.2, -0.15) is 0 Å². The lowest BCUT2D eigenvalue weighted by Crippen LogP contribution is -2.30. The fourth-order valence-corrected chi connectivity index (χ4v) is 1.01. The molecular weight excluding hydrogens is 185 g/mol. The molecule has 0 aliphatic heterocycles. The Morgan fingerprint density at radius 2 is 2.36 bits per heavy atom. The largest absolute Gasteiger partial charge is 0.411 e. The van der Waals surface area contributed by atoms with Gasteiger partial charge in [0.15, 0.2) is 0 Å². The van der Waals surface area contributed by atoms with Gasteiger partial charge in [-0.15, -0.1) is 0 Å². The highest BCUT2D eigenvalue weighted by molar-refractivity contribution is 5.89. The Balaban J connectivity index is 2.75. The van der Waals surface area contributed by atoms with E-state index in [9.17, 15) is 4.39 Å². The van der Waals surface area contributed by atoms with Crippen molar-refractivity contribution < 1.29 is 9.60 Å². The summed E-state index contributed by atoms with van der Waals surface area (Å²) >= 11 is 0. The minimum absolute atomic E-state index is 0.355. The molecule has 0 amide bonds. The molecule has 14 heavy (non-hydrogen) atoms. The van der Waals surface area contributed by atoms with Crippen molar-refractivity contribution in [2.75, 3.05) is 6.67 Å². The van der Waals surface area contributed by atoms with Crippen LogP contribution in [0, 0.1) is 5.41 Å². The number of aromatic nitrogens is 2. The summed E-state index contributed by atoms with van der Waals surface area (Å²) in [6.07, 6.45) is 4.95. The Labute approximate surface area is 82.1 Å². The van der Waals surface area contributed by atoms with E-state index in [0.29, 0.717) is 12.3 Å². The van der Waals surface area contributed by atoms with Gasteiger partial charge in [0.1, 0.15) is 0 Å². The van der Waals surface area contributed by atoms with Gasteiger partial charge >= 0.3 is 0 Å². The van der Waals surface area contributed by atoms with Gasteiger partial charge in [0.25, 0.3) is 0 Å². The Hall–Kier alpha value is -1.39. The second-order valence-electron chi connectivity index (χ2n) is 3.80. The molecule has 1 heterocycles. The average Bonchev–Trinajstić information content (AvgIpc) is 2.66. The second-order valence-corrected chi connectivity index (χ2v) is 3.80. The molecule has 1 aromatic heterocycles. The predicted molar refractivity (Wildman–Crippen MR) is 51.2 cm³/mol. The summed E-state index contributed by atoms with van der Waals surface area (Å²) in [6.45, 7) is 3.19. The molecule has 0 fully saturated rings. The Morgan fingerprint density at radius 1 is 1.64 bits per heavy atom. The van der Waals surface area contributed by atoms with Crippen LogP contribution in [0.1, 0.15) is 13.8 Å². The molecule has 1 N–H and O–H groups in total. The molecule has 0 unspecified atom stereocenters. The van der Waals surface area contributed by atoms with Crippen molar-refractivity contribution in [1.29, 1.82) is 0 Å². The normalized spacial score (nSPS) is 13.2. The molecule has 0 radical (unpaired) electrons. The van der Waals surface area contributed by atoms with Gasteiger partial charge < -0.3 is 9.77 Å². The van der Waals surface area contributed by atoms with Gasteiger partial charge in [-0.25, -0.2) is 4.98 Å². The van der Waals surface area contributed by atoms with E-state index >= 15 is 0 Å². The number of hydrogen-bond donors (Lipinski definition) is 1. The van der Waals surface area contributed by atoms with Gasteiger partial charge in [0, 0.05) is 17.8 Å². The summed E-state index contributed by atoms with van der Waals surface area (Å²) in [4.78, 5) is 3.85. The van der Waals surface area contributed by atoms with Crippen molar-refractivity contribution in [2.45, 2.75) is 20.4 Å². The predicted octanol–water partition coefficient (Wildman–Crippen LogP) is 1.71. The zero-order valence-corrected chi connectivity index (χ0v) is 8.31. The standard InChI is InChI=1S/C9H14FN3O/c1-9(2,6-10)8(12-14)5-13-4-3-11-7-13/h3-4,7,14H,5-6H2,1-2H3. The Kier molecular flexibility index (Phi) is 3.22. The van der Waals surface area contributed by atoms with Crippen LogP contribution in [0.2, 0.25) is 0 Å². The highest BCUT2D eigenvalue weighted by Crippen LogP contribution is 2.19. The highest BCUT2D eigenvalue weighted by Gasteiger charge is 2.25. The first-order valence-electron chi connectivity index (χ1n) is 4.33. The van der Waals surface area contributed by atoms with Crippen molar-refractivity contribution in [3.63, 3.8) is 0 Å². The second kappa shape index (κ2) is 4.21. The van der Waals surface area contributed by atoms with Crippen LogP contribution in [-0.2, 0) is 6.54 Å². The molecular formula is C9H14FN3O. The summed E-state index contributed by atoms with van der Waals surface area (Å²) in [5, 5.41) is 11.9. The van der Waals surface area contributed by atoms with Crippen LogP contribution in [0.15, 0.2) is 23.9 Å². The smallest absolute Gasteiger partial charge is 0.0999 e. The molecule has 0 aliphatic carbocycles. The van der Waals surface area contributed by atoms with Crippen LogP contribution in [0.5, 0.6) is 0 Å².